The van der Waals surface area contributed by atoms with Crippen molar-refractivity contribution in [3.8, 4) is 5.75 Å². The van der Waals surface area contributed by atoms with Crippen molar-refractivity contribution < 1.29 is 5.11 Å². The van der Waals surface area contributed by atoms with E-state index in [-0.39, 0.29) is 11.2 Å². The number of hydrogen-bond acceptors (Lipinski definition) is 3. The summed E-state index contributed by atoms with van der Waals surface area (Å²) in [6, 6.07) is 16.9. The molecule has 0 aliphatic heterocycles. The van der Waals surface area contributed by atoms with Crippen LogP contribution in [-0.2, 0) is 6.42 Å². The van der Waals surface area contributed by atoms with Crippen molar-refractivity contribution in [3.05, 3.63) is 75.3 Å². The highest BCUT2D eigenvalue weighted by atomic mass is 32.1. The lowest BCUT2D eigenvalue weighted by Gasteiger charge is -1.93. The molecule has 3 aromatic rings. The van der Waals surface area contributed by atoms with E-state index < -0.39 is 0 Å². The first-order valence-corrected chi connectivity index (χ1v) is 6.84. The highest BCUT2D eigenvalue weighted by Gasteiger charge is 2.02. The second kappa shape index (κ2) is 4.86. The van der Waals surface area contributed by atoms with Crippen LogP contribution in [0.5, 0.6) is 5.75 Å². The van der Waals surface area contributed by atoms with Crippen LogP contribution in [0.2, 0.25) is 0 Å². The van der Waals surface area contributed by atoms with Crippen LogP contribution in [0.4, 0.5) is 0 Å². The van der Waals surface area contributed by atoms with Crippen LogP contribution in [0.3, 0.4) is 0 Å². The van der Waals surface area contributed by atoms with E-state index in [2.05, 4.69) is 18.2 Å². The molecule has 19 heavy (non-hydrogen) atoms. The van der Waals surface area contributed by atoms with Gasteiger partial charge < -0.3 is 5.11 Å². The first-order chi connectivity index (χ1) is 9.22. The van der Waals surface area contributed by atoms with E-state index in [0.29, 0.717) is 0 Å². The van der Waals surface area contributed by atoms with Crippen LogP contribution in [0.25, 0.3) is 10.1 Å². The number of rotatable bonds is 2. The van der Waals surface area contributed by atoms with Gasteiger partial charge in [0.05, 0.1) is 0 Å². The van der Waals surface area contributed by atoms with E-state index in [1.807, 2.05) is 12.1 Å². The largest absolute Gasteiger partial charge is 0.504 e. The Morgan fingerprint density at radius 2 is 1.79 bits per heavy atom. The van der Waals surface area contributed by atoms with Crippen molar-refractivity contribution in [2.75, 3.05) is 0 Å². The molecule has 0 atom stereocenters. The zero-order chi connectivity index (χ0) is 13.2. The molecule has 1 N–H and O–H groups in total. The van der Waals surface area contributed by atoms with Crippen molar-refractivity contribution in [3.63, 3.8) is 0 Å². The van der Waals surface area contributed by atoms with Crippen LogP contribution < -0.4 is 5.43 Å². The molecule has 0 fully saturated rings. The van der Waals surface area contributed by atoms with Crippen LogP contribution in [-0.4, -0.2) is 5.11 Å². The fourth-order valence-corrected chi connectivity index (χ4v) is 3.13. The van der Waals surface area contributed by atoms with Crippen LogP contribution in [0.15, 0.2) is 59.4 Å². The first-order valence-electron chi connectivity index (χ1n) is 6.02. The molecule has 0 saturated carbocycles. The third-order valence-electron chi connectivity index (χ3n) is 3.01. The summed E-state index contributed by atoms with van der Waals surface area (Å²) in [6.07, 6.45) is 0.771. The molecule has 1 aromatic heterocycles. The summed E-state index contributed by atoms with van der Waals surface area (Å²) >= 11 is 1.76. The van der Waals surface area contributed by atoms with Gasteiger partial charge in [0.2, 0.25) is 5.43 Å². The van der Waals surface area contributed by atoms with Gasteiger partial charge in [-0.2, -0.15) is 0 Å². The lowest BCUT2D eigenvalue weighted by molar-refractivity contribution is 0.471. The SMILES string of the molecule is O=c1ccc(Cc2cc3ccccc3s2)ccc1O. The van der Waals surface area contributed by atoms with Crippen molar-refractivity contribution in [2.24, 2.45) is 0 Å². The van der Waals surface area contributed by atoms with Gasteiger partial charge in [-0.05, 0) is 35.2 Å². The van der Waals surface area contributed by atoms with E-state index in [4.69, 9.17) is 0 Å². The molecule has 0 bridgehead atoms. The standard InChI is InChI=1S/C16H12O2S/c17-14-7-5-11(6-8-15(14)18)9-13-10-12-3-1-2-4-16(12)19-13/h1-8,10H,9H2,(H,17,18). The topological polar surface area (TPSA) is 37.3 Å². The molecular weight excluding hydrogens is 256 g/mol. The maximum Gasteiger partial charge on any atom is 0.220 e. The summed E-state index contributed by atoms with van der Waals surface area (Å²) in [7, 11) is 0. The molecule has 3 heteroatoms. The normalized spacial score (nSPS) is 10.7. The van der Waals surface area contributed by atoms with Gasteiger partial charge >= 0.3 is 0 Å². The van der Waals surface area contributed by atoms with E-state index in [1.165, 1.54) is 27.1 Å². The lowest BCUT2D eigenvalue weighted by Crippen LogP contribution is -1.91. The minimum atomic E-state index is -0.345. The summed E-state index contributed by atoms with van der Waals surface area (Å²) in [5.74, 6) is -0.206. The Balaban J connectivity index is 1.97. The molecule has 1 heterocycles. The zero-order valence-electron chi connectivity index (χ0n) is 10.2. The highest BCUT2D eigenvalue weighted by Crippen LogP contribution is 2.26. The molecule has 2 nitrogen and oxygen atoms in total. The third-order valence-corrected chi connectivity index (χ3v) is 4.13. The maximum atomic E-state index is 11.3. The molecule has 0 aliphatic rings. The summed E-state index contributed by atoms with van der Waals surface area (Å²) in [5, 5.41) is 10.6. The number of thiophene rings is 1. The minimum Gasteiger partial charge on any atom is -0.504 e. The fourth-order valence-electron chi connectivity index (χ4n) is 2.03. The molecule has 0 amide bonds. The Bertz CT molecular complexity index is 757. The Labute approximate surface area is 114 Å². The van der Waals surface area contributed by atoms with Gasteiger partial charge in [0.15, 0.2) is 5.75 Å². The highest BCUT2D eigenvalue weighted by molar-refractivity contribution is 7.19. The van der Waals surface area contributed by atoms with Gasteiger partial charge in [0, 0.05) is 16.0 Å². The Hall–Kier alpha value is -2.13. The monoisotopic (exact) mass is 268 g/mol. The van der Waals surface area contributed by atoms with Gasteiger partial charge in [-0.3, -0.25) is 4.79 Å². The Morgan fingerprint density at radius 3 is 2.63 bits per heavy atom. The second-order valence-electron chi connectivity index (χ2n) is 4.42. The first kappa shape index (κ1) is 11.9. The number of fused-ring (bicyclic) bond motifs is 1. The summed E-state index contributed by atoms with van der Waals surface area (Å²) in [4.78, 5) is 12.6. The minimum absolute atomic E-state index is 0.206. The zero-order valence-corrected chi connectivity index (χ0v) is 11.0. The number of hydrogen-bond donors (Lipinski definition) is 1. The quantitative estimate of drug-likeness (QED) is 0.771. The van der Waals surface area contributed by atoms with Crippen LogP contribution >= 0.6 is 11.3 Å². The van der Waals surface area contributed by atoms with Crippen molar-refractivity contribution in [2.45, 2.75) is 6.42 Å². The molecule has 2 aromatic carbocycles. The predicted octanol–water partition coefficient (Wildman–Crippen LogP) is 3.56. The average Bonchev–Trinajstić information content (AvgIpc) is 2.76. The average molecular weight is 268 g/mol. The molecule has 0 saturated heterocycles. The number of aromatic hydroxyl groups is 1. The molecule has 0 aliphatic carbocycles. The molecule has 0 spiro atoms. The van der Waals surface area contributed by atoms with Gasteiger partial charge in [-0.1, -0.05) is 30.3 Å². The fraction of sp³-hybridized carbons (Fsp3) is 0.0625. The lowest BCUT2D eigenvalue weighted by atomic mass is 10.1. The van der Waals surface area contributed by atoms with E-state index in [9.17, 15) is 9.90 Å². The molecular formula is C16H12O2S. The van der Waals surface area contributed by atoms with Gasteiger partial charge in [0.25, 0.3) is 0 Å². The van der Waals surface area contributed by atoms with Crippen LogP contribution in [0.1, 0.15) is 10.4 Å². The number of benzene rings is 1. The predicted molar refractivity (Wildman–Crippen MR) is 79.0 cm³/mol. The second-order valence-corrected chi connectivity index (χ2v) is 5.59. The molecule has 0 radical (unpaired) electrons. The molecule has 0 unspecified atom stereocenters. The Kier molecular flexibility index (Phi) is 3.05. The van der Waals surface area contributed by atoms with Crippen molar-refractivity contribution in [1.29, 1.82) is 0 Å². The molecule has 3 rings (SSSR count). The third kappa shape index (κ3) is 2.51. The smallest absolute Gasteiger partial charge is 0.220 e. The van der Waals surface area contributed by atoms with Gasteiger partial charge in [-0.25, -0.2) is 0 Å². The Morgan fingerprint density at radius 1 is 1.00 bits per heavy atom. The van der Waals surface area contributed by atoms with Gasteiger partial charge in [-0.15, -0.1) is 11.3 Å². The van der Waals surface area contributed by atoms with E-state index >= 15 is 0 Å². The van der Waals surface area contributed by atoms with Crippen LogP contribution in [0, 0.1) is 0 Å². The van der Waals surface area contributed by atoms with Gasteiger partial charge in [0.1, 0.15) is 0 Å². The summed E-state index contributed by atoms with van der Waals surface area (Å²) < 4.78 is 1.27. The summed E-state index contributed by atoms with van der Waals surface area (Å²) in [6.45, 7) is 0. The summed E-state index contributed by atoms with van der Waals surface area (Å²) in [5.41, 5.74) is 0.673. The maximum absolute atomic E-state index is 11.3. The van der Waals surface area contributed by atoms with Crippen molar-refractivity contribution >= 4 is 21.4 Å². The van der Waals surface area contributed by atoms with E-state index in [0.717, 1.165) is 12.0 Å². The van der Waals surface area contributed by atoms with Crippen molar-refractivity contribution in [1.82, 2.24) is 0 Å². The molecule has 94 valence electrons. The van der Waals surface area contributed by atoms with E-state index in [1.54, 1.807) is 23.5 Å².